The molecule has 2 aromatic carbocycles. The van der Waals surface area contributed by atoms with Crippen molar-refractivity contribution in [1.82, 2.24) is 19.4 Å². The van der Waals surface area contributed by atoms with Crippen LogP contribution in [0.3, 0.4) is 0 Å². The third kappa shape index (κ3) is 5.88. The van der Waals surface area contributed by atoms with Crippen LogP contribution in [0.4, 0.5) is 13.2 Å². The van der Waals surface area contributed by atoms with Crippen LogP contribution >= 0.6 is 11.6 Å². The van der Waals surface area contributed by atoms with Gasteiger partial charge in [-0.2, -0.15) is 13.2 Å². The first kappa shape index (κ1) is 27.5. The summed E-state index contributed by atoms with van der Waals surface area (Å²) in [5.41, 5.74) is 2.61. The number of fused-ring (bicyclic) bond motifs is 2. The maximum atomic E-state index is 13.9. The monoisotopic (exact) mass is 586 g/mol. The number of benzene rings is 2. The van der Waals surface area contributed by atoms with Crippen LogP contribution in [-0.4, -0.2) is 49.8 Å². The van der Waals surface area contributed by atoms with Crippen molar-refractivity contribution in [3.8, 4) is 5.75 Å². The maximum absolute atomic E-state index is 13.9. The van der Waals surface area contributed by atoms with Gasteiger partial charge in [-0.25, -0.2) is 9.78 Å². The van der Waals surface area contributed by atoms with Crippen LogP contribution in [0.2, 0.25) is 5.02 Å². The minimum absolute atomic E-state index is 0.0253. The quantitative estimate of drug-likeness (QED) is 0.282. The summed E-state index contributed by atoms with van der Waals surface area (Å²) >= 11 is 5.86. The molecule has 41 heavy (non-hydrogen) atoms. The second-order valence-corrected chi connectivity index (χ2v) is 10.7. The van der Waals surface area contributed by atoms with Gasteiger partial charge in [-0.15, -0.1) is 0 Å². The summed E-state index contributed by atoms with van der Waals surface area (Å²) in [6.07, 6.45) is -1.78. The first-order valence-electron chi connectivity index (χ1n) is 13.2. The average molecular weight is 587 g/mol. The highest BCUT2D eigenvalue weighted by Crippen LogP contribution is 2.40. The van der Waals surface area contributed by atoms with Gasteiger partial charge in [0.05, 0.1) is 52.1 Å². The Morgan fingerprint density at radius 1 is 1.17 bits per heavy atom. The van der Waals surface area contributed by atoms with Gasteiger partial charge >= 0.3 is 12.1 Å². The molecule has 12 heteroatoms. The van der Waals surface area contributed by atoms with E-state index in [1.165, 1.54) is 24.4 Å². The predicted octanol–water partition coefficient (Wildman–Crippen LogP) is 5.73. The van der Waals surface area contributed by atoms with Crippen LogP contribution in [-0.2, 0) is 43.6 Å². The minimum Gasteiger partial charge on any atom is -0.487 e. The molecule has 0 spiro atoms. The van der Waals surface area contributed by atoms with Gasteiger partial charge in [0, 0.05) is 25.9 Å². The number of carboxylic acids is 1. The Hall–Kier alpha value is -3.67. The molecule has 6 rings (SSSR count). The van der Waals surface area contributed by atoms with Crippen LogP contribution in [0, 0.1) is 0 Å². The fourth-order valence-corrected chi connectivity index (χ4v) is 5.34. The number of aromatic nitrogens is 3. The van der Waals surface area contributed by atoms with E-state index in [2.05, 4.69) is 9.88 Å². The molecular weight excluding hydrogens is 561 g/mol. The maximum Gasteiger partial charge on any atom is 0.419 e. The van der Waals surface area contributed by atoms with Gasteiger partial charge in [0.25, 0.3) is 0 Å². The Kier molecular flexibility index (Phi) is 7.35. The number of nitrogens with zero attached hydrogens (tertiary/aromatic N) is 4. The highest BCUT2D eigenvalue weighted by Gasteiger charge is 2.36. The number of pyridine rings is 1. The Balaban J connectivity index is 1.27. The van der Waals surface area contributed by atoms with Gasteiger partial charge < -0.3 is 19.1 Å². The summed E-state index contributed by atoms with van der Waals surface area (Å²) in [6, 6.07) is 10.7. The third-order valence-corrected chi connectivity index (χ3v) is 7.71. The molecule has 2 aromatic heterocycles. The second kappa shape index (κ2) is 11.0. The Bertz CT molecular complexity index is 1600. The molecule has 4 heterocycles. The molecule has 8 nitrogen and oxygen atoms in total. The Morgan fingerprint density at radius 3 is 2.68 bits per heavy atom. The van der Waals surface area contributed by atoms with Crippen molar-refractivity contribution in [2.24, 2.45) is 0 Å². The summed E-state index contributed by atoms with van der Waals surface area (Å²) in [5.74, 6) is -0.513. The number of hydrogen-bond acceptors (Lipinski definition) is 6. The highest BCUT2D eigenvalue weighted by molar-refractivity contribution is 6.30. The number of halogens is 4. The lowest BCUT2D eigenvalue weighted by molar-refractivity contribution is -0.139. The molecule has 1 N–H and O–H groups in total. The number of alkyl halides is 3. The summed E-state index contributed by atoms with van der Waals surface area (Å²) < 4.78 is 55.1. The molecule has 4 aromatic rings. The van der Waals surface area contributed by atoms with Crippen molar-refractivity contribution in [3.63, 3.8) is 0 Å². The molecule has 0 bridgehead atoms. The molecule has 0 amide bonds. The van der Waals surface area contributed by atoms with E-state index in [0.717, 1.165) is 17.8 Å². The molecule has 1 fully saturated rings. The lowest BCUT2D eigenvalue weighted by Crippen LogP contribution is -2.34. The zero-order valence-electron chi connectivity index (χ0n) is 21.8. The van der Waals surface area contributed by atoms with Crippen molar-refractivity contribution < 1.29 is 32.5 Å². The van der Waals surface area contributed by atoms with Crippen LogP contribution in [0.5, 0.6) is 5.75 Å². The van der Waals surface area contributed by atoms with E-state index >= 15 is 0 Å². The molecule has 2 aliphatic rings. The number of aromatic carboxylic acids is 1. The number of carboxylic acid groups (broad SMARTS) is 1. The van der Waals surface area contributed by atoms with Crippen molar-refractivity contribution in [2.75, 3.05) is 13.2 Å². The first-order chi connectivity index (χ1) is 19.6. The van der Waals surface area contributed by atoms with Gasteiger partial charge in [-0.3, -0.25) is 9.88 Å². The first-order valence-corrected chi connectivity index (χ1v) is 13.5. The van der Waals surface area contributed by atoms with Crippen molar-refractivity contribution in [3.05, 3.63) is 87.5 Å². The third-order valence-electron chi connectivity index (χ3n) is 7.48. The van der Waals surface area contributed by atoms with E-state index in [9.17, 15) is 23.1 Å². The van der Waals surface area contributed by atoms with Gasteiger partial charge in [0.1, 0.15) is 18.2 Å². The fourth-order valence-electron chi connectivity index (χ4n) is 5.23. The van der Waals surface area contributed by atoms with Gasteiger partial charge in [0.2, 0.25) is 0 Å². The summed E-state index contributed by atoms with van der Waals surface area (Å²) in [4.78, 5) is 22.6. The largest absolute Gasteiger partial charge is 0.487 e. The molecule has 0 radical (unpaired) electrons. The minimum atomic E-state index is -4.57. The number of hydrogen-bond donors (Lipinski definition) is 1. The summed E-state index contributed by atoms with van der Waals surface area (Å²) in [7, 11) is 0. The molecule has 0 saturated carbocycles. The molecule has 0 aliphatic carbocycles. The number of ether oxygens (including phenoxy) is 2. The zero-order valence-corrected chi connectivity index (χ0v) is 22.6. The van der Waals surface area contributed by atoms with Crippen molar-refractivity contribution in [1.29, 1.82) is 0 Å². The van der Waals surface area contributed by atoms with Crippen LogP contribution in [0.15, 0.2) is 48.7 Å². The normalized spacial score (nSPS) is 17.3. The number of imidazole rings is 1. The highest BCUT2D eigenvalue weighted by atomic mass is 35.5. The Morgan fingerprint density at radius 2 is 2.00 bits per heavy atom. The molecule has 1 atom stereocenters. The van der Waals surface area contributed by atoms with E-state index in [1.807, 2.05) is 4.57 Å². The van der Waals surface area contributed by atoms with E-state index in [0.29, 0.717) is 66.5 Å². The number of rotatable bonds is 8. The topological polar surface area (TPSA) is 89.7 Å². The van der Waals surface area contributed by atoms with E-state index in [1.54, 1.807) is 24.3 Å². The number of carbonyl (C=O) groups is 1. The van der Waals surface area contributed by atoms with Gasteiger partial charge in [-0.1, -0.05) is 11.6 Å². The fraction of sp³-hybridized carbons (Fsp3) is 0.345. The van der Waals surface area contributed by atoms with Crippen LogP contribution in [0.1, 0.15) is 45.0 Å². The molecular formula is C29H26ClF3N4O4. The second-order valence-electron chi connectivity index (χ2n) is 10.3. The molecule has 214 valence electrons. The lowest BCUT2D eigenvalue weighted by atomic mass is 9.96. The van der Waals surface area contributed by atoms with Gasteiger partial charge in [0.15, 0.2) is 0 Å². The van der Waals surface area contributed by atoms with E-state index in [-0.39, 0.29) is 24.0 Å². The SMILES string of the molecule is O=C(O)c1ccc2nc(CN3CCc4cc(C(F)(F)F)c(OCc5ccc(Cl)cn5)cc4C3)n(C[C@@H]3CCO3)c2c1. The Labute approximate surface area is 238 Å². The average Bonchev–Trinajstić information content (AvgIpc) is 3.25. The predicted molar refractivity (Wildman–Crippen MR) is 144 cm³/mol. The van der Waals surface area contributed by atoms with Gasteiger partial charge in [-0.05, 0) is 66.4 Å². The lowest BCUT2D eigenvalue weighted by Gasteiger charge is -2.31. The van der Waals surface area contributed by atoms with E-state index < -0.39 is 17.7 Å². The molecule has 1 saturated heterocycles. The van der Waals surface area contributed by atoms with Crippen LogP contribution in [0.25, 0.3) is 11.0 Å². The standard InChI is InChI=1S/C29H26ClF3N4O4/c30-20-2-3-21(34-12-20)16-41-26-11-19-13-36(7-5-17(19)9-23(26)29(31,32)33)15-27-35-24-4-1-18(28(38)39)10-25(24)37(27)14-22-6-8-40-22/h1-4,9-12,22H,5-8,13-16H2,(H,38,39)/t22-/m0/s1. The zero-order chi connectivity index (χ0) is 28.7. The molecule has 2 aliphatic heterocycles. The van der Waals surface area contributed by atoms with Crippen molar-refractivity contribution >= 4 is 28.6 Å². The smallest absolute Gasteiger partial charge is 0.419 e. The molecule has 0 unspecified atom stereocenters. The van der Waals surface area contributed by atoms with Crippen molar-refractivity contribution in [2.45, 2.75) is 51.4 Å². The summed E-state index contributed by atoms with van der Waals surface area (Å²) in [5, 5.41) is 9.91. The summed E-state index contributed by atoms with van der Waals surface area (Å²) in [6.45, 7) is 2.50. The van der Waals surface area contributed by atoms with E-state index in [4.69, 9.17) is 26.1 Å². The van der Waals surface area contributed by atoms with Crippen LogP contribution < -0.4 is 4.74 Å².